The highest BCUT2D eigenvalue weighted by Gasteiger charge is 2.19. The lowest BCUT2D eigenvalue weighted by Crippen LogP contribution is -2.53. The lowest BCUT2D eigenvalue weighted by molar-refractivity contribution is 0.142. The van der Waals surface area contributed by atoms with Crippen LogP contribution >= 0.6 is 12.2 Å². The molecule has 1 heterocycles. The Kier molecular flexibility index (Phi) is 7.54. The van der Waals surface area contributed by atoms with Gasteiger partial charge in [-0.2, -0.15) is 0 Å². The molecule has 1 N–H and O–H groups in total. The van der Waals surface area contributed by atoms with Gasteiger partial charge >= 0.3 is 0 Å². The first-order valence-electron chi connectivity index (χ1n) is 6.99. The number of nitrogens with one attached hydrogen (secondary N) is 1. The first-order chi connectivity index (χ1) is 8.65. The molecular formula is C13H27N3OS. The number of thiocarbonyl (C=S) groups is 1. The third-order valence-electron chi connectivity index (χ3n) is 3.28. The van der Waals surface area contributed by atoms with Crippen molar-refractivity contribution in [3.05, 3.63) is 0 Å². The van der Waals surface area contributed by atoms with Gasteiger partial charge in [-0.25, -0.2) is 0 Å². The van der Waals surface area contributed by atoms with E-state index in [1.54, 1.807) is 0 Å². The van der Waals surface area contributed by atoms with Gasteiger partial charge in [-0.3, -0.25) is 4.90 Å². The van der Waals surface area contributed by atoms with E-state index in [4.69, 9.17) is 17.0 Å². The highest BCUT2D eigenvalue weighted by molar-refractivity contribution is 7.80. The van der Waals surface area contributed by atoms with Crippen LogP contribution in [0.25, 0.3) is 0 Å². The molecule has 1 aliphatic heterocycles. The van der Waals surface area contributed by atoms with E-state index in [2.05, 4.69) is 29.0 Å². The summed E-state index contributed by atoms with van der Waals surface area (Å²) in [5.41, 5.74) is 0. The minimum Gasteiger partial charge on any atom is -0.382 e. The number of hydrogen-bond donors (Lipinski definition) is 1. The van der Waals surface area contributed by atoms with Crippen molar-refractivity contribution in [3.8, 4) is 0 Å². The highest BCUT2D eigenvalue weighted by atomic mass is 32.1. The van der Waals surface area contributed by atoms with Gasteiger partial charge in [0.15, 0.2) is 5.11 Å². The van der Waals surface area contributed by atoms with E-state index >= 15 is 0 Å². The Balaban J connectivity index is 2.12. The Morgan fingerprint density at radius 3 is 2.50 bits per heavy atom. The molecule has 0 bridgehead atoms. The summed E-state index contributed by atoms with van der Waals surface area (Å²) in [6.45, 7) is 13.3. The predicted octanol–water partition coefficient (Wildman–Crippen LogP) is 1.31. The SMILES string of the molecule is CCOCCCNC(=S)N1CCN(C(C)C)CC1. The van der Waals surface area contributed by atoms with Crippen LogP contribution in [-0.4, -0.2) is 66.9 Å². The summed E-state index contributed by atoms with van der Waals surface area (Å²) in [6, 6.07) is 0.639. The Morgan fingerprint density at radius 1 is 1.28 bits per heavy atom. The van der Waals surface area contributed by atoms with Crippen LogP contribution in [0.1, 0.15) is 27.2 Å². The second-order valence-electron chi connectivity index (χ2n) is 4.90. The maximum atomic E-state index is 5.41. The van der Waals surface area contributed by atoms with Gasteiger partial charge in [0.1, 0.15) is 0 Å². The number of hydrogen-bond acceptors (Lipinski definition) is 3. The van der Waals surface area contributed by atoms with E-state index in [9.17, 15) is 0 Å². The van der Waals surface area contributed by atoms with Crippen LogP contribution in [0.3, 0.4) is 0 Å². The van der Waals surface area contributed by atoms with E-state index in [1.807, 2.05) is 6.92 Å². The number of piperazine rings is 1. The average Bonchev–Trinajstić information content (AvgIpc) is 2.38. The number of rotatable bonds is 6. The van der Waals surface area contributed by atoms with Gasteiger partial charge in [-0.15, -0.1) is 0 Å². The molecule has 0 unspecified atom stereocenters. The van der Waals surface area contributed by atoms with Crippen molar-refractivity contribution in [1.82, 2.24) is 15.1 Å². The van der Waals surface area contributed by atoms with Crippen molar-refractivity contribution in [3.63, 3.8) is 0 Å². The Labute approximate surface area is 117 Å². The van der Waals surface area contributed by atoms with Crippen molar-refractivity contribution < 1.29 is 4.74 Å². The van der Waals surface area contributed by atoms with E-state index < -0.39 is 0 Å². The predicted molar refractivity (Wildman–Crippen MR) is 80.0 cm³/mol. The maximum absolute atomic E-state index is 5.41. The monoisotopic (exact) mass is 273 g/mol. The van der Waals surface area contributed by atoms with E-state index in [-0.39, 0.29) is 0 Å². The smallest absolute Gasteiger partial charge is 0.169 e. The molecule has 0 aromatic rings. The zero-order valence-corrected chi connectivity index (χ0v) is 12.8. The van der Waals surface area contributed by atoms with Gasteiger partial charge in [0, 0.05) is 52.0 Å². The van der Waals surface area contributed by atoms with Gasteiger partial charge in [-0.1, -0.05) is 0 Å². The second kappa shape index (κ2) is 8.67. The van der Waals surface area contributed by atoms with Gasteiger partial charge in [0.2, 0.25) is 0 Å². The fourth-order valence-corrected chi connectivity index (χ4v) is 2.35. The van der Waals surface area contributed by atoms with Crippen LogP contribution in [0.5, 0.6) is 0 Å². The molecule has 106 valence electrons. The fraction of sp³-hybridized carbons (Fsp3) is 0.923. The third kappa shape index (κ3) is 5.50. The molecule has 0 atom stereocenters. The molecule has 1 aliphatic rings. The van der Waals surface area contributed by atoms with Crippen molar-refractivity contribution in [1.29, 1.82) is 0 Å². The molecule has 5 heteroatoms. The zero-order valence-electron chi connectivity index (χ0n) is 11.9. The third-order valence-corrected chi connectivity index (χ3v) is 3.68. The van der Waals surface area contributed by atoms with Crippen molar-refractivity contribution >= 4 is 17.3 Å². The summed E-state index contributed by atoms with van der Waals surface area (Å²) in [5.74, 6) is 0. The summed E-state index contributed by atoms with van der Waals surface area (Å²) in [6.07, 6.45) is 1.01. The summed E-state index contributed by atoms with van der Waals surface area (Å²) in [7, 11) is 0. The van der Waals surface area contributed by atoms with Gasteiger partial charge < -0.3 is 15.0 Å². The van der Waals surface area contributed by atoms with Gasteiger partial charge in [0.25, 0.3) is 0 Å². The molecule has 0 amide bonds. The van der Waals surface area contributed by atoms with Gasteiger partial charge in [-0.05, 0) is 39.4 Å². The first-order valence-corrected chi connectivity index (χ1v) is 7.40. The molecule has 4 nitrogen and oxygen atoms in total. The summed E-state index contributed by atoms with van der Waals surface area (Å²) in [5, 5.41) is 4.21. The van der Waals surface area contributed by atoms with Crippen LogP contribution in [0.4, 0.5) is 0 Å². The Morgan fingerprint density at radius 2 is 1.94 bits per heavy atom. The summed E-state index contributed by atoms with van der Waals surface area (Å²) < 4.78 is 5.30. The van der Waals surface area contributed by atoms with E-state index in [0.29, 0.717) is 6.04 Å². The lowest BCUT2D eigenvalue weighted by Gasteiger charge is -2.38. The molecule has 0 aromatic heterocycles. The number of nitrogens with zero attached hydrogens (tertiary/aromatic N) is 2. The molecule has 0 spiro atoms. The molecule has 0 aromatic carbocycles. The molecule has 18 heavy (non-hydrogen) atoms. The Hall–Kier alpha value is -0.390. The lowest BCUT2D eigenvalue weighted by atomic mass is 10.2. The van der Waals surface area contributed by atoms with Crippen molar-refractivity contribution in [2.45, 2.75) is 33.2 Å². The van der Waals surface area contributed by atoms with Crippen LogP contribution in [-0.2, 0) is 4.74 Å². The normalized spacial score (nSPS) is 17.2. The van der Waals surface area contributed by atoms with Crippen molar-refractivity contribution in [2.24, 2.45) is 0 Å². The molecule has 0 aliphatic carbocycles. The minimum atomic E-state index is 0.639. The Bertz CT molecular complexity index is 240. The van der Waals surface area contributed by atoms with Crippen LogP contribution in [0.15, 0.2) is 0 Å². The minimum absolute atomic E-state index is 0.639. The molecular weight excluding hydrogens is 246 g/mol. The van der Waals surface area contributed by atoms with Crippen LogP contribution in [0, 0.1) is 0 Å². The zero-order chi connectivity index (χ0) is 13.4. The average molecular weight is 273 g/mol. The topological polar surface area (TPSA) is 27.7 Å². The molecule has 1 fully saturated rings. The standard InChI is InChI=1S/C13H27N3OS/c1-4-17-11-5-6-14-13(18)16-9-7-15(8-10-16)12(2)3/h12H,4-11H2,1-3H3,(H,14,18). The van der Waals surface area contributed by atoms with Crippen LogP contribution in [0.2, 0.25) is 0 Å². The van der Waals surface area contributed by atoms with E-state index in [1.165, 1.54) is 0 Å². The second-order valence-corrected chi connectivity index (χ2v) is 5.29. The van der Waals surface area contributed by atoms with Gasteiger partial charge in [0.05, 0.1) is 0 Å². The summed E-state index contributed by atoms with van der Waals surface area (Å²) in [4.78, 5) is 4.77. The fourth-order valence-electron chi connectivity index (χ4n) is 2.07. The summed E-state index contributed by atoms with van der Waals surface area (Å²) >= 11 is 5.41. The largest absolute Gasteiger partial charge is 0.382 e. The molecule has 0 radical (unpaired) electrons. The van der Waals surface area contributed by atoms with E-state index in [0.717, 1.165) is 57.5 Å². The van der Waals surface area contributed by atoms with Crippen molar-refractivity contribution in [2.75, 3.05) is 45.9 Å². The first kappa shape index (κ1) is 15.7. The quantitative estimate of drug-likeness (QED) is 0.582. The molecule has 1 rings (SSSR count). The maximum Gasteiger partial charge on any atom is 0.169 e. The molecule has 0 saturated carbocycles. The molecule has 1 saturated heterocycles. The number of ether oxygens (including phenoxy) is 1. The van der Waals surface area contributed by atoms with Crippen LogP contribution < -0.4 is 5.32 Å². The highest BCUT2D eigenvalue weighted by Crippen LogP contribution is 2.05.